The average molecular weight is 373 g/mol. The molecule has 3 rings (SSSR count). The molecule has 3 aromatic rings. The van der Waals surface area contributed by atoms with Crippen LogP contribution >= 0.6 is 11.3 Å². The standard InChI is InChI=1S/C18H20FN5OS/c1-10-7-14(5-6-15(10)19)16-9-26-18(21-16)22-17(25)11(2)8-24-13(4)20-12(3)23-24/h5-7,9,11H,8H2,1-4H3,(H,21,22,25). The van der Waals surface area contributed by atoms with Crippen LogP contribution in [-0.2, 0) is 11.3 Å². The highest BCUT2D eigenvalue weighted by molar-refractivity contribution is 7.14. The third kappa shape index (κ3) is 3.96. The molecule has 26 heavy (non-hydrogen) atoms. The Morgan fingerprint density at radius 1 is 1.31 bits per heavy atom. The Morgan fingerprint density at radius 3 is 2.73 bits per heavy atom. The van der Waals surface area contributed by atoms with Crippen LogP contribution in [0.1, 0.15) is 24.1 Å². The number of hydrogen-bond acceptors (Lipinski definition) is 5. The van der Waals surface area contributed by atoms with Gasteiger partial charge in [0, 0.05) is 10.9 Å². The summed E-state index contributed by atoms with van der Waals surface area (Å²) in [6.07, 6.45) is 0. The third-order valence-corrected chi connectivity index (χ3v) is 4.80. The van der Waals surface area contributed by atoms with E-state index in [0.29, 0.717) is 28.8 Å². The Balaban J connectivity index is 1.67. The number of halogens is 1. The topological polar surface area (TPSA) is 72.7 Å². The first-order valence-electron chi connectivity index (χ1n) is 8.24. The smallest absolute Gasteiger partial charge is 0.230 e. The van der Waals surface area contributed by atoms with Gasteiger partial charge in [0.05, 0.1) is 18.2 Å². The van der Waals surface area contributed by atoms with Crippen LogP contribution < -0.4 is 5.32 Å². The summed E-state index contributed by atoms with van der Waals surface area (Å²) >= 11 is 1.34. The number of aromatic nitrogens is 4. The van der Waals surface area contributed by atoms with Crippen molar-refractivity contribution in [2.24, 2.45) is 5.92 Å². The minimum absolute atomic E-state index is 0.131. The van der Waals surface area contributed by atoms with Gasteiger partial charge in [-0.25, -0.2) is 19.0 Å². The van der Waals surface area contributed by atoms with E-state index in [-0.39, 0.29) is 17.6 Å². The summed E-state index contributed by atoms with van der Waals surface area (Å²) in [5, 5.41) is 9.48. The van der Waals surface area contributed by atoms with E-state index >= 15 is 0 Å². The molecule has 6 nitrogen and oxygen atoms in total. The summed E-state index contributed by atoms with van der Waals surface area (Å²) in [6, 6.07) is 4.85. The number of hydrogen-bond donors (Lipinski definition) is 1. The zero-order valence-electron chi connectivity index (χ0n) is 15.1. The summed E-state index contributed by atoms with van der Waals surface area (Å²) in [5.41, 5.74) is 2.10. The molecule has 2 heterocycles. The summed E-state index contributed by atoms with van der Waals surface area (Å²) in [4.78, 5) is 21.1. The molecule has 0 radical (unpaired) electrons. The normalized spacial score (nSPS) is 12.2. The first kappa shape index (κ1) is 18.2. The van der Waals surface area contributed by atoms with Crippen LogP contribution in [0, 0.1) is 32.5 Å². The van der Waals surface area contributed by atoms with Gasteiger partial charge in [-0.1, -0.05) is 6.92 Å². The van der Waals surface area contributed by atoms with Crippen molar-refractivity contribution in [2.45, 2.75) is 34.2 Å². The minimum atomic E-state index is -0.282. The molecule has 1 amide bonds. The lowest BCUT2D eigenvalue weighted by Crippen LogP contribution is -2.25. The SMILES string of the molecule is Cc1nc(C)n(CC(C)C(=O)Nc2nc(-c3ccc(F)c(C)c3)cs2)n1. The number of anilines is 1. The van der Waals surface area contributed by atoms with E-state index in [1.165, 1.54) is 17.4 Å². The lowest BCUT2D eigenvalue weighted by Gasteiger charge is -2.11. The van der Waals surface area contributed by atoms with Gasteiger partial charge in [-0.2, -0.15) is 5.10 Å². The van der Waals surface area contributed by atoms with Gasteiger partial charge < -0.3 is 5.32 Å². The first-order chi connectivity index (χ1) is 12.3. The predicted molar refractivity (Wildman–Crippen MR) is 99.5 cm³/mol. The number of carbonyl (C=O) groups is 1. The van der Waals surface area contributed by atoms with Crippen LogP contribution in [0.15, 0.2) is 23.6 Å². The summed E-state index contributed by atoms with van der Waals surface area (Å²) in [7, 11) is 0. The van der Waals surface area contributed by atoms with Crippen molar-refractivity contribution < 1.29 is 9.18 Å². The molecule has 1 N–H and O–H groups in total. The Hall–Kier alpha value is -2.61. The fourth-order valence-corrected chi connectivity index (χ4v) is 3.30. The Bertz CT molecular complexity index is 949. The van der Waals surface area contributed by atoms with Crippen LogP contribution in [-0.4, -0.2) is 25.7 Å². The van der Waals surface area contributed by atoms with Crippen molar-refractivity contribution in [1.29, 1.82) is 0 Å². The van der Waals surface area contributed by atoms with Gasteiger partial charge >= 0.3 is 0 Å². The maximum absolute atomic E-state index is 13.4. The second kappa shape index (κ2) is 7.33. The van der Waals surface area contributed by atoms with Crippen molar-refractivity contribution in [3.05, 3.63) is 46.6 Å². The van der Waals surface area contributed by atoms with E-state index in [9.17, 15) is 9.18 Å². The molecular formula is C18H20FN5OS. The van der Waals surface area contributed by atoms with Crippen LogP contribution in [0.25, 0.3) is 11.3 Å². The van der Waals surface area contributed by atoms with Crippen molar-refractivity contribution >= 4 is 22.4 Å². The quantitative estimate of drug-likeness (QED) is 0.739. The second-order valence-electron chi connectivity index (χ2n) is 6.28. The predicted octanol–water partition coefficient (Wildman–Crippen LogP) is 3.74. The third-order valence-electron chi connectivity index (χ3n) is 4.04. The molecule has 136 valence electrons. The van der Waals surface area contributed by atoms with E-state index in [1.54, 1.807) is 23.7 Å². The number of nitrogens with zero attached hydrogens (tertiary/aromatic N) is 4. The van der Waals surface area contributed by atoms with Crippen molar-refractivity contribution in [3.8, 4) is 11.3 Å². The van der Waals surface area contributed by atoms with Crippen molar-refractivity contribution in [2.75, 3.05) is 5.32 Å². The molecule has 2 aromatic heterocycles. The number of rotatable bonds is 5. The molecule has 1 atom stereocenters. The van der Waals surface area contributed by atoms with Crippen LogP contribution in [0.3, 0.4) is 0 Å². The molecule has 1 aromatic carbocycles. The molecule has 0 saturated heterocycles. The van der Waals surface area contributed by atoms with Crippen LogP contribution in [0.5, 0.6) is 0 Å². The van der Waals surface area contributed by atoms with Crippen molar-refractivity contribution in [3.63, 3.8) is 0 Å². The van der Waals surface area contributed by atoms with Gasteiger partial charge in [0.25, 0.3) is 0 Å². The molecule has 0 saturated carbocycles. The summed E-state index contributed by atoms with van der Waals surface area (Å²) in [5.74, 6) is 0.813. The molecule has 0 aliphatic rings. The van der Waals surface area contributed by atoms with Gasteiger partial charge in [-0.3, -0.25) is 4.79 Å². The van der Waals surface area contributed by atoms with Crippen LogP contribution in [0.4, 0.5) is 9.52 Å². The fourth-order valence-electron chi connectivity index (χ4n) is 2.57. The van der Waals surface area contributed by atoms with Gasteiger partial charge in [0.2, 0.25) is 5.91 Å². The molecule has 1 unspecified atom stereocenters. The molecule has 0 spiro atoms. The van der Waals surface area contributed by atoms with Gasteiger partial charge in [0.15, 0.2) is 5.13 Å². The van der Waals surface area contributed by atoms with Crippen LogP contribution in [0.2, 0.25) is 0 Å². The molecule has 0 aliphatic heterocycles. The van der Waals surface area contributed by atoms with E-state index in [4.69, 9.17) is 0 Å². The van der Waals surface area contributed by atoms with E-state index < -0.39 is 0 Å². The summed E-state index contributed by atoms with van der Waals surface area (Å²) < 4.78 is 15.1. The number of benzene rings is 1. The lowest BCUT2D eigenvalue weighted by atomic mass is 10.1. The first-order valence-corrected chi connectivity index (χ1v) is 9.12. The minimum Gasteiger partial charge on any atom is -0.302 e. The fraction of sp³-hybridized carbons (Fsp3) is 0.333. The maximum atomic E-state index is 13.4. The highest BCUT2D eigenvalue weighted by Crippen LogP contribution is 2.26. The highest BCUT2D eigenvalue weighted by Gasteiger charge is 2.17. The molecular weight excluding hydrogens is 353 g/mol. The number of carbonyl (C=O) groups excluding carboxylic acids is 1. The molecule has 0 aliphatic carbocycles. The lowest BCUT2D eigenvalue weighted by molar-refractivity contribution is -0.119. The number of aryl methyl sites for hydroxylation is 3. The highest BCUT2D eigenvalue weighted by atomic mass is 32.1. The molecule has 0 bridgehead atoms. The van der Waals surface area contributed by atoms with Gasteiger partial charge in [0.1, 0.15) is 17.5 Å². The Morgan fingerprint density at radius 2 is 2.08 bits per heavy atom. The zero-order valence-corrected chi connectivity index (χ0v) is 15.9. The number of nitrogens with one attached hydrogen (secondary N) is 1. The molecule has 8 heteroatoms. The largest absolute Gasteiger partial charge is 0.302 e. The average Bonchev–Trinajstić information content (AvgIpc) is 3.16. The maximum Gasteiger partial charge on any atom is 0.230 e. The monoisotopic (exact) mass is 373 g/mol. The van der Waals surface area contributed by atoms with E-state index in [1.807, 2.05) is 26.2 Å². The second-order valence-corrected chi connectivity index (χ2v) is 7.14. The Labute approximate surface area is 155 Å². The van der Waals surface area contributed by atoms with E-state index in [0.717, 1.165) is 11.4 Å². The van der Waals surface area contributed by atoms with Gasteiger partial charge in [-0.15, -0.1) is 11.3 Å². The summed E-state index contributed by atoms with van der Waals surface area (Å²) in [6.45, 7) is 7.69. The van der Waals surface area contributed by atoms with Crippen molar-refractivity contribution in [1.82, 2.24) is 19.7 Å². The van der Waals surface area contributed by atoms with E-state index in [2.05, 4.69) is 20.4 Å². The zero-order chi connectivity index (χ0) is 18.8. The number of thiazole rings is 1. The molecule has 0 fully saturated rings. The Kier molecular flexibility index (Phi) is 5.13. The number of amides is 1. The van der Waals surface area contributed by atoms with Gasteiger partial charge in [-0.05, 0) is 44.5 Å².